The van der Waals surface area contributed by atoms with Crippen molar-refractivity contribution in [3.05, 3.63) is 23.8 Å². The number of unbranched alkanes of at least 4 members (excludes halogenated alkanes) is 1. The van der Waals surface area contributed by atoms with E-state index in [0.29, 0.717) is 31.0 Å². The van der Waals surface area contributed by atoms with Gasteiger partial charge in [0.05, 0.1) is 14.2 Å². The average Bonchev–Trinajstić information content (AvgIpc) is 2.58. The Labute approximate surface area is 137 Å². The molecule has 0 unspecified atom stereocenters. The molecule has 0 aromatic heterocycles. The first kappa shape index (κ1) is 18.8. The molecule has 6 heteroatoms. The Hall–Kier alpha value is -2.24. The third kappa shape index (κ3) is 5.81. The highest BCUT2D eigenvalue weighted by atomic mass is 16.5. The Morgan fingerprint density at radius 3 is 2.48 bits per heavy atom. The van der Waals surface area contributed by atoms with Gasteiger partial charge in [-0.15, -0.1) is 0 Å². The molecule has 0 bridgehead atoms. The molecule has 1 aromatic rings. The van der Waals surface area contributed by atoms with Crippen LogP contribution in [0.2, 0.25) is 0 Å². The highest BCUT2D eigenvalue weighted by Crippen LogP contribution is 2.27. The van der Waals surface area contributed by atoms with Gasteiger partial charge < -0.3 is 19.7 Å². The zero-order chi connectivity index (χ0) is 17.2. The summed E-state index contributed by atoms with van der Waals surface area (Å²) in [7, 11) is 4.80. The van der Waals surface area contributed by atoms with Gasteiger partial charge in [-0.1, -0.05) is 19.4 Å². The average molecular weight is 322 g/mol. The monoisotopic (exact) mass is 322 g/mol. The van der Waals surface area contributed by atoms with Crippen LogP contribution >= 0.6 is 0 Å². The number of hydrogen-bond acceptors (Lipinski definition) is 4. The van der Waals surface area contributed by atoms with E-state index in [-0.39, 0.29) is 0 Å². The fourth-order valence-electron chi connectivity index (χ4n) is 2.10. The summed E-state index contributed by atoms with van der Waals surface area (Å²) < 4.78 is 10.4. The van der Waals surface area contributed by atoms with Crippen LogP contribution in [0, 0.1) is 0 Å². The lowest BCUT2D eigenvalue weighted by atomic mass is 10.1. The van der Waals surface area contributed by atoms with E-state index in [0.717, 1.165) is 18.4 Å². The smallest absolute Gasteiger partial charge is 0.311 e. The largest absolute Gasteiger partial charge is 0.493 e. The van der Waals surface area contributed by atoms with Crippen LogP contribution in [-0.4, -0.2) is 51.1 Å². The van der Waals surface area contributed by atoms with Gasteiger partial charge in [0, 0.05) is 20.1 Å². The number of carbonyl (C=O) groups is 2. The molecule has 0 fully saturated rings. The van der Waals surface area contributed by atoms with Gasteiger partial charge in [-0.25, -0.2) is 0 Å². The number of ether oxygens (including phenoxy) is 2. The van der Waals surface area contributed by atoms with Crippen molar-refractivity contribution >= 4 is 11.8 Å². The molecule has 0 atom stereocenters. The predicted molar refractivity (Wildman–Crippen MR) is 88.8 cm³/mol. The molecule has 0 aliphatic heterocycles. The predicted octanol–water partition coefficient (Wildman–Crippen LogP) is 1.62. The molecule has 1 N–H and O–H groups in total. The van der Waals surface area contributed by atoms with Crippen molar-refractivity contribution in [2.24, 2.45) is 0 Å². The standard InChI is InChI=1S/C17H26N2O4/c1-5-6-11-19(2)17(21)16(20)18-10-9-13-7-8-14(22-3)15(12-13)23-4/h7-8,12H,5-6,9-11H2,1-4H3,(H,18,20). The highest BCUT2D eigenvalue weighted by molar-refractivity contribution is 6.34. The van der Waals surface area contributed by atoms with E-state index >= 15 is 0 Å². The van der Waals surface area contributed by atoms with Crippen LogP contribution in [0.1, 0.15) is 25.3 Å². The van der Waals surface area contributed by atoms with Crippen molar-refractivity contribution in [3.8, 4) is 11.5 Å². The van der Waals surface area contributed by atoms with E-state index in [4.69, 9.17) is 9.47 Å². The Morgan fingerprint density at radius 1 is 1.17 bits per heavy atom. The van der Waals surface area contributed by atoms with Gasteiger partial charge in [0.1, 0.15) is 0 Å². The normalized spacial score (nSPS) is 10.1. The molecule has 0 spiro atoms. The summed E-state index contributed by atoms with van der Waals surface area (Å²) in [6.07, 6.45) is 2.48. The van der Waals surface area contributed by atoms with E-state index in [1.807, 2.05) is 25.1 Å². The van der Waals surface area contributed by atoms with E-state index in [1.54, 1.807) is 21.3 Å². The number of benzene rings is 1. The Kier molecular flexibility index (Phi) is 7.94. The molecule has 0 aliphatic rings. The molecule has 0 aliphatic carbocycles. The molecule has 1 rings (SSSR count). The maximum absolute atomic E-state index is 11.9. The molecule has 128 valence electrons. The van der Waals surface area contributed by atoms with Crippen LogP contribution in [0.15, 0.2) is 18.2 Å². The fraction of sp³-hybridized carbons (Fsp3) is 0.529. The second-order valence-electron chi connectivity index (χ2n) is 5.28. The lowest BCUT2D eigenvalue weighted by Crippen LogP contribution is -2.42. The molecule has 1 aromatic carbocycles. The molecule has 0 saturated heterocycles. The van der Waals surface area contributed by atoms with Gasteiger partial charge in [0.15, 0.2) is 11.5 Å². The number of methoxy groups -OCH3 is 2. The van der Waals surface area contributed by atoms with Crippen molar-refractivity contribution < 1.29 is 19.1 Å². The Morgan fingerprint density at radius 2 is 1.87 bits per heavy atom. The van der Waals surface area contributed by atoms with Gasteiger partial charge in [-0.2, -0.15) is 0 Å². The maximum atomic E-state index is 11.9. The summed E-state index contributed by atoms with van der Waals surface area (Å²) in [5, 5.41) is 2.65. The van der Waals surface area contributed by atoms with Crippen LogP contribution < -0.4 is 14.8 Å². The molecule has 0 saturated carbocycles. The summed E-state index contributed by atoms with van der Waals surface area (Å²) >= 11 is 0. The van der Waals surface area contributed by atoms with Crippen molar-refractivity contribution in [1.82, 2.24) is 10.2 Å². The van der Waals surface area contributed by atoms with Crippen molar-refractivity contribution in [1.29, 1.82) is 0 Å². The number of nitrogens with one attached hydrogen (secondary N) is 1. The van der Waals surface area contributed by atoms with E-state index in [2.05, 4.69) is 5.32 Å². The summed E-state index contributed by atoms with van der Waals surface area (Å²) in [5.41, 5.74) is 0.995. The number of amides is 2. The van der Waals surface area contributed by atoms with Gasteiger partial charge in [-0.05, 0) is 30.5 Å². The fourth-order valence-corrected chi connectivity index (χ4v) is 2.10. The van der Waals surface area contributed by atoms with E-state index in [1.165, 1.54) is 4.90 Å². The second-order valence-corrected chi connectivity index (χ2v) is 5.28. The molecule has 23 heavy (non-hydrogen) atoms. The number of nitrogens with zero attached hydrogens (tertiary/aromatic N) is 1. The minimum absolute atomic E-state index is 0.391. The number of carbonyl (C=O) groups excluding carboxylic acids is 2. The number of hydrogen-bond donors (Lipinski definition) is 1. The molecule has 0 radical (unpaired) electrons. The lowest BCUT2D eigenvalue weighted by molar-refractivity contribution is -0.145. The topological polar surface area (TPSA) is 67.9 Å². The van der Waals surface area contributed by atoms with Gasteiger partial charge in [0.25, 0.3) is 0 Å². The third-order valence-electron chi connectivity index (χ3n) is 3.54. The summed E-state index contributed by atoms with van der Waals surface area (Å²) in [6, 6.07) is 5.59. The SMILES string of the molecule is CCCCN(C)C(=O)C(=O)NCCc1ccc(OC)c(OC)c1. The zero-order valence-corrected chi connectivity index (χ0v) is 14.3. The minimum atomic E-state index is -0.566. The third-order valence-corrected chi connectivity index (χ3v) is 3.54. The first-order valence-electron chi connectivity index (χ1n) is 7.77. The highest BCUT2D eigenvalue weighted by Gasteiger charge is 2.17. The number of likely N-dealkylation sites (N-methyl/N-ethyl adjacent to an activating group) is 1. The Bertz CT molecular complexity index is 531. The van der Waals surface area contributed by atoms with Crippen LogP contribution in [-0.2, 0) is 16.0 Å². The van der Waals surface area contributed by atoms with Crippen LogP contribution in [0.25, 0.3) is 0 Å². The lowest BCUT2D eigenvalue weighted by Gasteiger charge is -2.16. The van der Waals surface area contributed by atoms with E-state index < -0.39 is 11.8 Å². The van der Waals surface area contributed by atoms with Crippen LogP contribution in [0.3, 0.4) is 0 Å². The van der Waals surface area contributed by atoms with Crippen LogP contribution in [0.4, 0.5) is 0 Å². The van der Waals surface area contributed by atoms with Crippen molar-refractivity contribution in [2.45, 2.75) is 26.2 Å². The van der Waals surface area contributed by atoms with Crippen molar-refractivity contribution in [3.63, 3.8) is 0 Å². The van der Waals surface area contributed by atoms with Crippen LogP contribution in [0.5, 0.6) is 11.5 Å². The summed E-state index contributed by atoms with van der Waals surface area (Å²) in [5.74, 6) is 0.245. The first-order valence-corrected chi connectivity index (χ1v) is 7.77. The minimum Gasteiger partial charge on any atom is -0.493 e. The maximum Gasteiger partial charge on any atom is 0.311 e. The quantitative estimate of drug-likeness (QED) is 0.739. The molecular weight excluding hydrogens is 296 g/mol. The molecular formula is C17H26N2O4. The number of rotatable bonds is 8. The summed E-state index contributed by atoms with van der Waals surface area (Å²) in [4.78, 5) is 25.1. The molecule has 2 amide bonds. The van der Waals surface area contributed by atoms with Gasteiger partial charge in [-0.3, -0.25) is 9.59 Å². The Balaban J connectivity index is 2.47. The second kappa shape index (κ2) is 9.71. The summed E-state index contributed by atoms with van der Waals surface area (Å²) in [6.45, 7) is 3.03. The first-order chi connectivity index (χ1) is 11.0. The van der Waals surface area contributed by atoms with Gasteiger partial charge in [0.2, 0.25) is 0 Å². The molecule has 0 heterocycles. The molecule has 6 nitrogen and oxygen atoms in total. The van der Waals surface area contributed by atoms with Gasteiger partial charge >= 0.3 is 11.8 Å². The zero-order valence-electron chi connectivity index (χ0n) is 14.3. The van der Waals surface area contributed by atoms with Crippen molar-refractivity contribution in [2.75, 3.05) is 34.4 Å². The van der Waals surface area contributed by atoms with E-state index in [9.17, 15) is 9.59 Å².